The van der Waals surface area contributed by atoms with Gasteiger partial charge in [-0.25, -0.2) is 13.1 Å². The summed E-state index contributed by atoms with van der Waals surface area (Å²) in [7, 11) is -0.444. The molecule has 1 amide bonds. The minimum atomic E-state index is -3.61. The van der Waals surface area contributed by atoms with Crippen molar-refractivity contribution < 1.29 is 13.2 Å². The summed E-state index contributed by atoms with van der Waals surface area (Å²) >= 11 is 0. The maximum absolute atomic E-state index is 12.4. The third-order valence-corrected chi connectivity index (χ3v) is 5.18. The van der Waals surface area contributed by atoms with Crippen LogP contribution in [0.5, 0.6) is 0 Å². The maximum atomic E-state index is 12.4. The quantitative estimate of drug-likeness (QED) is 0.724. The molecule has 0 bridgehead atoms. The van der Waals surface area contributed by atoms with E-state index in [1.54, 1.807) is 7.05 Å². The molecule has 22 heavy (non-hydrogen) atoms. The standard InChI is InChI=1S/C13H22N4O3S.ClH/c1-9-6-10(4-5-15-9)16-21(19,20)11-7-12(13(18)14-2)17(3)8-11;/h7-10,15-16H,4-6H2,1-3H3,(H,14,18);1H. The van der Waals surface area contributed by atoms with Gasteiger partial charge in [0.05, 0.1) is 0 Å². The fourth-order valence-electron chi connectivity index (χ4n) is 2.56. The number of amides is 1. The Morgan fingerprint density at radius 2 is 2.14 bits per heavy atom. The molecule has 1 aromatic heterocycles. The van der Waals surface area contributed by atoms with E-state index in [4.69, 9.17) is 0 Å². The third-order valence-electron chi connectivity index (χ3n) is 3.70. The van der Waals surface area contributed by atoms with Crippen LogP contribution in [0.1, 0.15) is 30.3 Å². The van der Waals surface area contributed by atoms with Gasteiger partial charge in [-0.15, -0.1) is 12.4 Å². The van der Waals surface area contributed by atoms with Gasteiger partial charge < -0.3 is 15.2 Å². The molecule has 1 aliphatic rings. The molecular weight excluding hydrogens is 328 g/mol. The van der Waals surface area contributed by atoms with Crippen LogP contribution in [0.3, 0.4) is 0 Å². The Hall–Kier alpha value is -1.09. The Labute approximate surface area is 137 Å². The van der Waals surface area contributed by atoms with E-state index >= 15 is 0 Å². The highest BCUT2D eigenvalue weighted by Gasteiger charge is 2.26. The second-order valence-electron chi connectivity index (χ2n) is 5.45. The molecule has 0 saturated carbocycles. The van der Waals surface area contributed by atoms with Crippen molar-refractivity contribution in [1.82, 2.24) is 19.9 Å². The van der Waals surface area contributed by atoms with Crippen LogP contribution in [-0.4, -0.2) is 44.6 Å². The average molecular weight is 351 g/mol. The molecule has 9 heteroatoms. The van der Waals surface area contributed by atoms with Gasteiger partial charge in [0.15, 0.2) is 0 Å². The van der Waals surface area contributed by atoms with E-state index in [0.29, 0.717) is 11.7 Å². The van der Waals surface area contributed by atoms with Crippen molar-refractivity contribution in [3.63, 3.8) is 0 Å². The number of nitrogens with zero attached hydrogens (tertiary/aromatic N) is 1. The number of aromatic nitrogens is 1. The first-order valence-electron chi connectivity index (χ1n) is 6.97. The number of carbonyl (C=O) groups excluding carboxylic acids is 1. The summed E-state index contributed by atoms with van der Waals surface area (Å²) < 4.78 is 29.1. The van der Waals surface area contributed by atoms with Crippen molar-refractivity contribution in [2.45, 2.75) is 36.7 Å². The van der Waals surface area contributed by atoms with Gasteiger partial charge in [-0.05, 0) is 32.4 Å². The van der Waals surface area contributed by atoms with E-state index in [9.17, 15) is 13.2 Å². The molecule has 126 valence electrons. The Morgan fingerprint density at radius 1 is 1.45 bits per heavy atom. The molecule has 1 saturated heterocycles. The first-order valence-corrected chi connectivity index (χ1v) is 8.46. The zero-order valence-corrected chi connectivity index (χ0v) is 14.6. The predicted octanol–water partition coefficient (Wildman–Crippen LogP) is 0.225. The summed E-state index contributed by atoms with van der Waals surface area (Å²) in [5.74, 6) is -0.311. The molecule has 1 aliphatic heterocycles. The molecule has 2 rings (SSSR count). The van der Waals surface area contributed by atoms with Gasteiger partial charge in [-0.2, -0.15) is 0 Å². The highest BCUT2D eigenvalue weighted by atomic mass is 35.5. The third kappa shape index (κ3) is 4.22. The van der Waals surface area contributed by atoms with Crippen molar-refractivity contribution in [1.29, 1.82) is 0 Å². The van der Waals surface area contributed by atoms with E-state index in [1.807, 2.05) is 6.92 Å². The first kappa shape index (κ1) is 19.0. The Bertz CT molecular complexity index is 629. The normalized spacial score (nSPS) is 22.0. The molecule has 2 unspecified atom stereocenters. The van der Waals surface area contributed by atoms with Crippen LogP contribution in [0.2, 0.25) is 0 Å². The predicted molar refractivity (Wildman–Crippen MR) is 86.9 cm³/mol. The Morgan fingerprint density at radius 3 is 2.73 bits per heavy atom. The maximum Gasteiger partial charge on any atom is 0.267 e. The van der Waals surface area contributed by atoms with Gasteiger partial charge in [0.2, 0.25) is 10.0 Å². The van der Waals surface area contributed by atoms with E-state index < -0.39 is 10.0 Å². The smallest absolute Gasteiger partial charge is 0.267 e. The van der Waals surface area contributed by atoms with E-state index in [0.717, 1.165) is 19.4 Å². The molecule has 1 fully saturated rings. The number of hydrogen-bond acceptors (Lipinski definition) is 4. The van der Waals surface area contributed by atoms with Crippen LogP contribution in [0, 0.1) is 0 Å². The summed E-state index contributed by atoms with van der Waals surface area (Å²) in [5, 5.41) is 5.77. The zero-order valence-electron chi connectivity index (χ0n) is 12.9. The number of piperidine rings is 1. The monoisotopic (exact) mass is 350 g/mol. The average Bonchev–Trinajstić information content (AvgIpc) is 2.80. The second kappa shape index (κ2) is 7.45. The van der Waals surface area contributed by atoms with E-state index in [2.05, 4.69) is 15.4 Å². The second-order valence-corrected chi connectivity index (χ2v) is 7.16. The van der Waals surface area contributed by atoms with E-state index in [1.165, 1.54) is 23.9 Å². The highest BCUT2D eigenvalue weighted by Crippen LogP contribution is 2.16. The fraction of sp³-hybridized carbons (Fsp3) is 0.615. The molecule has 2 heterocycles. The largest absolute Gasteiger partial charge is 0.354 e. The molecular formula is C13H23ClN4O3S. The molecule has 7 nitrogen and oxygen atoms in total. The SMILES string of the molecule is CNC(=O)c1cc(S(=O)(=O)NC2CCNC(C)C2)cn1C.Cl. The minimum Gasteiger partial charge on any atom is -0.354 e. The molecule has 3 N–H and O–H groups in total. The van der Waals surface area contributed by atoms with Crippen LogP contribution in [0.4, 0.5) is 0 Å². The molecule has 0 spiro atoms. The lowest BCUT2D eigenvalue weighted by atomic mass is 10.0. The molecule has 0 aliphatic carbocycles. The minimum absolute atomic E-state index is 0. The summed E-state index contributed by atoms with van der Waals surface area (Å²) in [6, 6.07) is 1.62. The highest BCUT2D eigenvalue weighted by molar-refractivity contribution is 7.89. The van der Waals surface area contributed by atoms with Gasteiger partial charge in [0, 0.05) is 32.4 Å². The number of halogens is 1. The summed E-state index contributed by atoms with van der Waals surface area (Å²) in [6.45, 7) is 2.83. The van der Waals surface area contributed by atoms with Gasteiger partial charge >= 0.3 is 0 Å². The lowest BCUT2D eigenvalue weighted by Gasteiger charge is -2.28. The van der Waals surface area contributed by atoms with Crippen LogP contribution in [0.25, 0.3) is 0 Å². The zero-order chi connectivity index (χ0) is 15.6. The van der Waals surface area contributed by atoms with Crippen molar-refractivity contribution in [2.24, 2.45) is 7.05 Å². The Balaban J connectivity index is 0.00000242. The Kier molecular flexibility index (Phi) is 6.42. The number of rotatable bonds is 4. The summed E-state index contributed by atoms with van der Waals surface area (Å²) in [4.78, 5) is 11.8. The van der Waals surface area contributed by atoms with Gasteiger partial charge in [0.25, 0.3) is 5.91 Å². The number of nitrogens with one attached hydrogen (secondary N) is 3. The van der Waals surface area contributed by atoms with Crippen LogP contribution < -0.4 is 15.4 Å². The topological polar surface area (TPSA) is 92.2 Å². The molecule has 0 aromatic carbocycles. The molecule has 1 aromatic rings. The number of hydrogen-bond donors (Lipinski definition) is 3. The van der Waals surface area contributed by atoms with Crippen LogP contribution in [0.15, 0.2) is 17.2 Å². The summed E-state index contributed by atoms with van der Waals surface area (Å²) in [5.41, 5.74) is 0.316. The van der Waals surface area contributed by atoms with Gasteiger partial charge in [-0.1, -0.05) is 0 Å². The molecule has 2 atom stereocenters. The van der Waals surface area contributed by atoms with Gasteiger partial charge in [0.1, 0.15) is 10.6 Å². The molecule has 0 radical (unpaired) electrons. The van der Waals surface area contributed by atoms with E-state index in [-0.39, 0.29) is 29.3 Å². The van der Waals surface area contributed by atoms with Crippen molar-refractivity contribution in [2.75, 3.05) is 13.6 Å². The fourth-order valence-corrected chi connectivity index (χ4v) is 3.91. The van der Waals surface area contributed by atoms with Crippen LogP contribution >= 0.6 is 12.4 Å². The van der Waals surface area contributed by atoms with Gasteiger partial charge in [-0.3, -0.25) is 4.79 Å². The first-order chi connectivity index (χ1) is 9.83. The number of carbonyl (C=O) groups is 1. The number of sulfonamides is 1. The lowest BCUT2D eigenvalue weighted by molar-refractivity contribution is 0.0955. The van der Waals surface area contributed by atoms with Crippen molar-refractivity contribution in [3.8, 4) is 0 Å². The number of aryl methyl sites for hydroxylation is 1. The van der Waals surface area contributed by atoms with Crippen LogP contribution in [-0.2, 0) is 17.1 Å². The van der Waals surface area contributed by atoms with Crippen molar-refractivity contribution in [3.05, 3.63) is 18.0 Å². The lowest BCUT2D eigenvalue weighted by Crippen LogP contribution is -2.46. The van der Waals surface area contributed by atoms with Crippen molar-refractivity contribution >= 4 is 28.3 Å². The summed E-state index contributed by atoms with van der Waals surface area (Å²) in [6.07, 6.45) is 2.98.